The highest BCUT2D eigenvalue weighted by atomic mass is 19.1. The van der Waals surface area contributed by atoms with Gasteiger partial charge in [-0.05, 0) is 81.1 Å². The molecule has 0 radical (unpaired) electrons. The topological polar surface area (TPSA) is 90.5 Å². The fourth-order valence-corrected chi connectivity index (χ4v) is 4.12. The summed E-state index contributed by atoms with van der Waals surface area (Å²) in [5.74, 6) is -0.523. The fourth-order valence-electron chi connectivity index (χ4n) is 4.12. The van der Waals surface area contributed by atoms with Crippen molar-refractivity contribution in [3.8, 4) is 0 Å². The van der Waals surface area contributed by atoms with E-state index in [1.807, 2.05) is 26.0 Å². The molecule has 0 spiro atoms. The van der Waals surface area contributed by atoms with E-state index in [0.717, 1.165) is 12.1 Å². The van der Waals surface area contributed by atoms with Crippen molar-refractivity contribution in [2.75, 3.05) is 11.9 Å². The van der Waals surface area contributed by atoms with Gasteiger partial charge in [0.1, 0.15) is 11.9 Å². The summed E-state index contributed by atoms with van der Waals surface area (Å²) < 4.78 is 13.0. The molecule has 1 aliphatic carbocycles. The quantitative estimate of drug-likeness (QED) is 0.457. The van der Waals surface area contributed by atoms with Crippen LogP contribution in [0.1, 0.15) is 67.9 Å². The van der Waals surface area contributed by atoms with Crippen LogP contribution < -0.4 is 16.0 Å². The molecule has 0 saturated heterocycles. The Hall–Kier alpha value is -2.77. The largest absolute Gasteiger partial charge is 0.382 e. The zero-order valence-corrected chi connectivity index (χ0v) is 19.3. The SMILES string of the molecule is CC(NC(=O)[C@@H](O)[C@@H](C)NCC1CCCCC1)c1ccc(NC(=O)c2ccc(F)cc2)cc1. The first-order valence-corrected chi connectivity index (χ1v) is 11.7. The van der Waals surface area contributed by atoms with Gasteiger partial charge in [0.05, 0.1) is 6.04 Å². The van der Waals surface area contributed by atoms with Gasteiger partial charge in [0, 0.05) is 17.3 Å². The monoisotopic (exact) mass is 455 g/mol. The van der Waals surface area contributed by atoms with Gasteiger partial charge in [-0.3, -0.25) is 9.59 Å². The number of benzene rings is 2. The highest BCUT2D eigenvalue weighted by Gasteiger charge is 2.25. The van der Waals surface area contributed by atoms with Gasteiger partial charge >= 0.3 is 0 Å². The normalized spacial score (nSPS) is 17.1. The van der Waals surface area contributed by atoms with E-state index in [1.54, 1.807) is 12.1 Å². The van der Waals surface area contributed by atoms with Crippen molar-refractivity contribution in [3.05, 3.63) is 65.5 Å². The smallest absolute Gasteiger partial charge is 0.255 e. The average molecular weight is 456 g/mol. The first-order chi connectivity index (χ1) is 15.8. The minimum absolute atomic E-state index is 0.306. The summed E-state index contributed by atoms with van der Waals surface area (Å²) in [4.78, 5) is 24.8. The number of halogens is 1. The molecule has 3 rings (SSSR count). The van der Waals surface area contributed by atoms with Crippen LogP contribution in [0, 0.1) is 11.7 Å². The molecule has 178 valence electrons. The molecule has 2 amide bonds. The highest BCUT2D eigenvalue weighted by Crippen LogP contribution is 2.23. The predicted molar refractivity (Wildman–Crippen MR) is 127 cm³/mol. The lowest BCUT2D eigenvalue weighted by molar-refractivity contribution is -0.131. The number of anilines is 1. The molecule has 1 saturated carbocycles. The Balaban J connectivity index is 1.47. The fraction of sp³-hybridized carbons (Fsp3) is 0.462. The Kier molecular flexibility index (Phi) is 8.97. The summed E-state index contributed by atoms with van der Waals surface area (Å²) in [6.45, 7) is 4.50. The van der Waals surface area contributed by atoms with Crippen LogP contribution in [0.5, 0.6) is 0 Å². The van der Waals surface area contributed by atoms with Crippen LogP contribution in [-0.4, -0.2) is 35.6 Å². The molecule has 0 aromatic heterocycles. The number of aliphatic hydroxyl groups is 1. The van der Waals surface area contributed by atoms with Crippen LogP contribution >= 0.6 is 0 Å². The Labute approximate surface area is 195 Å². The van der Waals surface area contributed by atoms with Crippen molar-refractivity contribution in [3.63, 3.8) is 0 Å². The summed E-state index contributed by atoms with van der Waals surface area (Å²) in [6.07, 6.45) is 5.10. The lowest BCUT2D eigenvalue weighted by atomic mass is 9.89. The number of hydrogen-bond donors (Lipinski definition) is 4. The van der Waals surface area contributed by atoms with Gasteiger partial charge < -0.3 is 21.1 Å². The molecule has 7 heteroatoms. The van der Waals surface area contributed by atoms with E-state index < -0.39 is 17.8 Å². The van der Waals surface area contributed by atoms with E-state index in [0.29, 0.717) is 17.2 Å². The minimum atomic E-state index is -1.13. The summed E-state index contributed by atoms with van der Waals surface area (Å²) in [5.41, 5.74) is 1.80. The van der Waals surface area contributed by atoms with Gasteiger partial charge in [-0.15, -0.1) is 0 Å². The van der Waals surface area contributed by atoms with E-state index >= 15 is 0 Å². The number of amides is 2. The van der Waals surface area contributed by atoms with Crippen LogP contribution in [0.15, 0.2) is 48.5 Å². The van der Waals surface area contributed by atoms with Crippen molar-refractivity contribution in [1.29, 1.82) is 0 Å². The van der Waals surface area contributed by atoms with Gasteiger partial charge in [-0.2, -0.15) is 0 Å². The molecule has 3 atom stereocenters. The van der Waals surface area contributed by atoms with Crippen molar-refractivity contribution < 1.29 is 19.1 Å². The Morgan fingerprint density at radius 1 is 1.00 bits per heavy atom. The van der Waals surface area contributed by atoms with Crippen LogP contribution in [0.3, 0.4) is 0 Å². The van der Waals surface area contributed by atoms with Gasteiger partial charge in [-0.25, -0.2) is 4.39 Å². The zero-order valence-electron chi connectivity index (χ0n) is 19.3. The molecule has 0 aliphatic heterocycles. The molecular formula is C26H34FN3O3. The number of aliphatic hydroxyl groups excluding tert-OH is 1. The minimum Gasteiger partial charge on any atom is -0.382 e. The molecule has 1 aliphatic rings. The lowest BCUT2D eigenvalue weighted by Gasteiger charge is -2.26. The highest BCUT2D eigenvalue weighted by molar-refractivity contribution is 6.04. The number of carbonyl (C=O) groups is 2. The maximum absolute atomic E-state index is 13.0. The molecule has 0 heterocycles. The first kappa shape index (κ1) is 24.9. The molecular weight excluding hydrogens is 421 g/mol. The first-order valence-electron chi connectivity index (χ1n) is 11.7. The third-order valence-electron chi connectivity index (χ3n) is 6.33. The van der Waals surface area contributed by atoms with Crippen molar-refractivity contribution in [1.82, 2.24) is 10.6 Å². The summed E-state index contributed by atoms with van der Waals surface area (Å²) in [6, 6.07) is 11.8. The summed E-state index contributed by atoms with van der Waals surface area (Å²) >= 11 is 0. The standard InChI is InChI=1S/C26H34FN3O3/c1-17(29-26(33)24(31)18(2)28-16-19-6-4-3-5-7-19)20-10-14-23(15-11-20)30-25(32)21-8-12-22(27)13-9-21/h8-15,17-19,24,28,31H,3-7,16H2,1-2H3,(H,29,33)(H,30,32)/t17?,18-,24+/m1/s1. The Morgan fingerprint density at radius 3 is 2.27 bits per heavy atom. The number of carbonyl (C=O) groups excluding carboxylic acids is 2. The second-order valence-corrected chi connectivity index (χ2v) is 8.96. The molecule has 1 unspecified atom stereocenters. The molecule has 0 bridgehead atoms. The molecule has 33 heavy (non-hydrogen) atoms. The number of nitrogens with one attached hydrogen (secondary N) is 3. The molecule has 2 aromatic rings. The maximum atomic E-state index is 13.0. The average Bonchev–Trinajstić information content (AvgIpc) is 2.83. The zero-order chi connectivity index (χ0) is 23.8. The number of hydrogen-bond acceptors (Lipinski definition) is 4. The van der Waals surface area contributed by atoms with Crippen molar-refractivity contribution in [2.45, 2.75) is 64.1 Å². The van der Waals surface area contributed by atoms with Crippen molar-refractivity contribution in [2.24, 2.45) is 5.92 Å². The molecule has 1 fully saturated rings. The van der Waals surface area contributed by atoms with E-state index in [9.17, 15) is 19.1 Å². The van der Waals surface area contributed by atoms with Gasteiger partial charge in [0.2, 0.25) is 0 Å². The van der Waals surface area contributed by atoms with E-state index in [4.69, 9.17) is 0 Å². The Morgan fingerprint density at radius 2 is 1.64 bits per heavy atom. The van der Waals surface area contributed by atoms with Crippen LogP contribution in [0.4, 0.5) is 10.1 Å². The van der Waals surface area contributed by atoms with Gasteiger partial charge in [0.25, 0.3) is 11.8 Å². The van der Waals surface area contributed by atoms with Crippen LogP contribution in [-0.2, 0) is 4.79 Å². The van der Waals surface area contributed by atoms with E-state index in [1.165, 1.54) is 56.4 Å². The predicted octanol–water partition coefficient (Wildman–Crippen LogP) is 4.17. The lowest BCUT2D eigenvalue weighted by Crippen LogP contribution is -2.48. The van der Waals surface area contributed by atoms with Gasteiger partial charge in [0.15, 0.2) is 0 Å². The second kappa shape index (κ2) is 11.9. The summed E-state index contributed by atoms with van der Waals surface area (Å²) in [7, 11) is 0. The van der Waals surface area contributed by atoms with Crippen LogP contribution in [0.2, 0.25) is 0 Å². The number of rotatable bonds is 9. The molecule has 2 aromatic carbocycles. The Bertz CT molecular complexity index is 911. The van der Waals surface area contributed by atoms with Gasteiger partial charge in [-0.1, -0.05) is 31.4 Å². The van der Waals surface area contributed by atoms with Crippen LogP contribution in [0.25, 0.3) is 0 Å². The maximum Gasteiger partial charge on any atom is 0.255 e. The molecule has 6 nitrogen and oxygen atoms in total. The summed E-state index contributed by atoms with van der Waals surface area (Å²) in [5, 5.41) is 19.4. The molecule has 4 N–H and O–H groups in total. The second-order valence-electron chi connectivity index (χ2n) is 8.96. The third kappa shape index (κ3) is 7.37. The van der Waals surface area contributed by atoms with Crippen molar-refractivity contribution >= 4 is 17.5 Å². The van der Waals surface area contributed by atoms with E-state index in [-0.39, 0.29) is 18.0 Å². The van der Waals surface area contributed by atoms with E-state index in [2.05, 4.69) is 16.0 Å². The third-order valence-corrected chi connectivity index (χ3v) is 6.33.